The van der Waals surface area contributed by atoms with Crippen molar-refractivity contribution in [3.8, 4) is 5.75 Å². The molecule has 1 aromatic carbocycles. The number of ether oxygens (including phenoxy) is 1. The first-order valence-electron chi connectivity index (χ1n) is 5.58. The van der Waals surface area contributed by atoms with Crippen molar-refractivity contribution in [2.24, 2.45) is 5.73 Å². The molecule has 17 heavy (non-hydrogen) atoms. The number of nitrogens with zero attached hydrogens (tertiary/aromatic N) is 1. The van der Waals surface area contributed by atoms with Gasteiger partial charge in [0, 0.05) is 30.2 Å². The van der Waals surface area contributed by atoms with Gasteiger partial charge < -0.3 is 15.4 Å². The average Bonchev–Trinajstić information content (AvgIpc) is 2.37. The van der Waals surface area contributed by atoms with Gasteiger partial charge in [0.1, 0.15) is 5.75 Å². The largest absolute Gasteiger partial charge is 0.495 e. The Bertz CT molecular complexity index is 409. The maximum atomic E-state index is 12.0. The molecule has 5 heteroatoms. The molecule has 1 aliphatic rings. The smallest absolute Gasteiger partial charge is 0.228 e. The van der Waals surface area contributed by atoms with Gasteiger partial charge in [-0.3, -0.25) is 4.79 Å². The maximum Gasteiger partial charge on any atom is 0.228 e. The van der Waals surface area contributed by atoms with Crippen LogP contribution in [-0.4, -0.2) is 31.9 Å². The number of hydrogen-bond acceptors (Lipinski definition) is 4. The molecular formula is C12H16N2O2S. The fourth-order valence-corrected chi connectivity index (χ4v) is 2.93. The van der Waals surface area contributed by atoms with Gasteiger partial charge in [-0.1, -0.05) is 6.07 Å². The van der Waals surface area contributed by atoms with E-state index in [0.717, 1.165) is 28.6 Å². The fourth-order valence-electron chi connectivity index (χ4n) is 1.92. The number of carbonyl (C=O) groups is 1. The highest BCUT2D eigenvalue weighted by Crippen LogP contribution is 2.41. The summed E-state index contributed by atoms with van der Waals surface area (Å²) in [5.41, 5.74) is 6.34. The minimum Gasteiger partial charge on any atom is -0.495 e. The van der Waals surface area contributed by atoms with Gasteiger partial charge in [0.15, 0.2) is 0 Å². The van der Waals surface area contributed by atoms with E-state index in [-0.39, 0.29) is 5.91 Å². The number of para-hydroxylation sites is 1. The second-order valence-corrected chi connectivity index (χ2v) is 4.88. The summed E-state index contributed by atoms with van der Waals surface area (Å²) in [6.07, 6.45) is 0.377. The Kier molecular flexibility index (Phi) is 3.91. The molecule has 0 bridgehead atoms. The molecule has 0 unspecified atom stereocenters. The zero-order valence-electron chi connectivity index (χ0n) is 9.81. The number of nitrogens with two attached hydrogens (primary N) is 1. The van der Waals surface area contributed by atoms with E-state index in [1.165, 1.54) is 0 Å². The minimum atomic E-state index is 0.0681. The van der Waals surface area contributed by atoms with Crippen molar-refractivity contribution in [1.29, 1.82) is 0 Å². The number of anilines is 1. The van der Waals surface area contributed by atoms with Crippen LogP contribution in [0.4, 0.5) is 5.69 Å². The standard InChI is InChI=1S/C12H16N2O2S/c1-16-9-3-2-4-10-12(9)14(7-8-17-10)11(15)5-6-13/h2-4H,5-8,13H2,1H3. The molecule has 1 heterocycles. The Hall–Kier alpha value is -1.20. The fraction of sp³-hybridized carbons (Fsp3) is 0.417. The Morgan fingerprint density at radius 1 is 1.59 bits per heavy atom. The first-order valence-corrected chi connectivity index (χ1v) is 6.56. The van der Waals surface area contributed by atoms with Gasteiger partial charge in [0.25, 0.3) is 0 Å². The second kappa shape index (κ2) is 5.42. The van der Waals surface area contributed by atoms with Crippen molar-refractivity contribution >= 4 is 23.4 Å². The zero-order chi connectivity index (χ0) is 12.3. The number of benzene rings is 1. The van der Waals surface area contributed by atoms with Crippen molar-refractivity contribution in [2.75, 3.05) is 30.9 Å². The van der Waals surface area contributed by atoms with Crippen LogP contribution >= 0.6 is 11.8 Å². The number of hydrogen-bond donors (Lipinski definition) is 1. The summed E-state index contributed by atoms with van der Waals surface area (Å²) in [6, 6.07) is 5.85. The summed E-state index contributed by atoms with van der Waals surface area (Å²) in [7, 11) is 1.63. The predicted molar refractivity (Wildman–Crippen MR) is 69.7 cm³/mol. The molecule has 0 fully saturated rings. The first-order chi connectivity index (χ1) is 8.27. The Morgan fingerprint density at radius 3 is 3.12 bits per heavy atom. The second-order valence-electron chi connectivity index (χ2n) is 3.74. The third-order valence-electron chi connectivity index (χ3n) is 2.68. The first kappa shape index (κ1) is 12.3. The molecule has 2 N–H and O–H groups in total. The van der Waals surface area contributed by atoms with E-state index in [0.29, 0.717) is 13.0 Å². The zero-order valence-corrected chi connectivity index (χ0v) is 10.6. The SMILES string of the molecule is COc1cccc2c1N(C(=O)CCN)CCS2. The van der Waals surface area contributed by atoms with Crippen molar-refractivity contribution in [2.45, 2.75) is 11.3 Å². The van der Waals surface area contributed by atoms with Crippen molar-refractivity contribution in [1.82, 2.24) is 0 Å². The number of rotatable bonds is 3. The summed E-state index contributed by atoms with van der Waals surface area (Å²) >= 11 is 1.75. The molecule has 2 rings (SSSR count). The Morgan fingerprint density at radius 2 is 2.41 bits per heavy atom. The van der Waals surface area contributed by atoms with Crippen LogP contribution in [0.2, 0.25) is 0 Å². The lowest BCUT2D eigenvalue weighted by molar-refractivity contribution is -0.118. The minimum absolute atomic E-state index is 0.0681. The van der Waals surface area contributed by atoms with Gasteiger partial charge in [-0.2, -0.15) is 0 Å². The highest BCUT2D eigenvalue weighted by molar-refractivity contribution is 7.99. The van der Waals surface area contributed by atoms with Crippen LogP contribution in [0.3, 0.4) is 0 Å². The number of methoxy groups -OCH3 is 1. The number of amides is 1. The Balaban J connectivity index is 2.38. The molecule has 1 aromatic rings. The van der Waals surface area contributed by atoms with Gasteiger partial charge in [-0.05, 0) is 12.1 Å². The summed E-state index contributed by atoms with van der Waals surface area (Å²) in [5.74, 6) is 1.73. The van der Waals surface area contributed by atoms with E-state index < -0.39 is 0 Å². The normalized spacial score (nSPS) is 14.4. The van der Waals surface area contributed by atoms with Gasteiger partial charge in [0.2, 0.25) is 5.91 Å². The van der Waals surface area contributed by atoms with Crippen LogP contribution in [0.15, 0.2) is 23.1 Å². The molecule has 1 amide bonds. The lowest BCUT2D eigenvalue weighted by Gasteiger charge is -2.30. The van der Waals surface area contributed by atoms with Gasteiger partial charge in [-0.15, -0.1) is 11.8 Å². The third kappa shape index (κ3) is 2.40. The monoisotopic (exact) mass is 252 g/mol. The van der Waals surface area contributed by atoms with Crippen LogP contribution in [0.1, 0.15) is 6.42 Å². The predicted octanol–water partition coefficient (Wildman–Crippen LogP) is 1.48. The molecule has 0 atom stereocenters. The van der Waals surface area contributed by atoms with E-state index in [1.54, 1.807) is 23.8 Å². The molecule has 0 radical (unpaired) electrons. The molecule has 0 saturated carbocycles. The average molecular weight is 252 g/mol. The van der Waals surface area contributed by atoms with Crippen molar-refractivity contribution in [3.63, 3.8) is 0 Å². The number of fused-ring (bicyclic) bond motifs is 1. The van der Waals surface area contributed by atoms with E-state index in [1.807, 2.05) is 18.2 Å². The van der Waals surface area contributed by atoms with E-state index in [9.17, 15) is 4.79 Å². The third-order valence-corrected chi connectivity index (χ3v) is 3.71. The molecule has 4 nitrogen and oxygen atoms in total. The van der Waals surface area contributed by atoms with Crippen LogP contribution < -0.4 is 15.4 Å². The molecule has 0 aromatic heterocycles. The van der Waals surface area contributed by atoms with Crippen LogP contribution in [0, 0.1) is 0 Å². The summed E-state index contributed by atoms with van der Waals surface area (Å²) < 4.78 is 5.33. The molecular weight excluding hydrogens is 236 g/mol. The van der Waals surface area contributed by atoms with Gasteiger partial charge in [-0.25, -0.2) is 0 Å². The van der Waals surface area contributed by atoms with Crippen molar-refractivity contribution in [3.05, 3.63) is 18.2 Å². The summed E-state index contributed by atoms with van der Waals surface area (Å²) in [5, 5.41) is 0. The van der Waals surface area contributed by atoms with Crippen molar-refractivity contribution < 1.29 is 9.53 Å². The Labute approximate surface area is 105 Å². The number of thioether (sulfide) groups is 1. The van der Waals surface area contributed by atoms with Crippen LogP contribution in [-0.2, 0) is 4.79 Å². The van der Waals surface area contributed by atoms with E-state index in [4.69, 9.17) is 10.5 Å². The van der Waals surface area contributed by atoms with E-state index >= 15 is 0 Å². The van der Waals surface area contributed by atoms with Gasteiger partial charge in [0.05, 0.1) is 12.8 Å². The maximum absolute atomic E-state index is 12.0. The molecule has 0 spiro atoms. The highest BCUT2D eigenvalue weighted by atomic mass is 32.2. The summed E-state index contributed by atoms with van der Waals surface area (Å²) in [6.45, 7) is 1.10. The quantitative estimate of drug-likeness (QED) is 0.885. The molecule has 92 valence electrons. The van der Waals surface area contributed by atoms with Crippen LogP contribution in [0.5, 0.6) is 5.75 Å². The lowest BCUT2D eigenvalue weighted by Crippen LogP contribution is -2.36. The number of carbonyl (C=O) groups excluding carboxylic acids is 1. The summed E-state index contributed by atoms with van der Waals surface area (Å²) in [4.78, 5) is 14.9. The molecule has 1 aliphatic heterocycles. The van der Waals surface area contributed by atoms with E-state index in [2.05, 4.69) is 0 Å². The van der Waals surface area contributed by atoms with Gasteiger partial charge >= 0.3 is 0 Å². The van der Waals surface area contributed by atoms with Crippen LogP contribution in [0.25, 0.3) is 0 Å². The molecule has 0 aliphatic carbocycles. The topological polar surface area (TPSA) is 55.6 Å². The lowest BCUT2D eigenvalue weighted by atomic mass is 10.2. The molecule has 0 saturated heterocycles. The highest BCUT2D eigenvalue weighted by Gasteiger charge is 2.25.